The summed E-state index contributed by atoms with van der Waals surface area (Å²) in [5.41, 5.74) is 5.56. The third-order valence-corrected chi connectivity index (χ3v) is 7.05. The summed E-state index contributed by atoms with van der Waals surface area (Å²) in [5, 5.41) is 16.9. The summed E-state index contributed by atoms with van der Waals surface area (Å²) in [6.45, 7) is 10.2. The standard InChI is InChI=1S/C30H45N.BH2O2/c1-5-7-9-11-12-14-16-26(15-13-10-8-6-2)23-31-29-19-17-24(3)21-27(29)28-22-25(4)18-20-30(28)31;2-1-3/h17-22,26H,5-16,23H2,1-4H3;2-3H. The quantitative estimate of drug-likeness (QED) is 0.186. The number of aromatic nitrogens is 1. The van der Waals surface area contributed by atoms with E-state index < -0.39 is 0 Å². The van der Waals surface area contributed by atoms with Gasteiger partial charge in [0.2, 0.25) is 0 Å². The van der Waals surface area contributed by atoms with Gasteiger partial charge in [0.1, 0.15) is 0 Å². The summed E-state index contributed by atoms with van der Waals surface area (Å²) in [5.74, 6) is 0.796. The van der Waals surface area contributed by atoms with E-state index in [-0.39, 0.29) is 7.69 Å². The number of nitrogens with zero attached hydrogens (tertiary/aromatic N) is 1. The van der Waals surface area contributed by atoms with Crippen molar-refractivity contribution >= 4 is 29.5 Å². The van der Waals surface area contributed by atoms with Crippen LogP contribution in [0.15, 0.2) is 36.4 Å². The molecule has 1 radical (unpaired) electrons. The normalized spacial score (nSPS) is 12.1. The molecule has 0 fully saturated rings. The molecule has 187 valence electrons. The molecule has 0 aliphatic rings. The van der Waals surface area contributed by atoms with E-state index in [2.05, 4.69) is 68.7 Å². The van der Waals surface area contributed by atoms with E-state index in [4.69, 9.17) is 10.0 Å². The molecule has 2 aromatic carbocycles. The van der Waals surface area contributed by atoms with Crippen LogP contribution in [0.4, 0.5) is 0 Å². The summed E-state index contributed by atoms with van der Waals surface area (Å²) in [6.07, 6.45) is 16.7. The van der Waals surface area contributed by atoms with Crippen LogP contribution in [0.3, 0.4) is 0 Å². The zero-order valence-corrected chi connectivity index (χ0v) is 22.2. The smallest absolute Gasteiger partial charge is 0.429 e. The van der Waals surface area contributed by atoms with Crippen molar-refractivity contribution in [2.24, 2.45) is 5.92 Å². The van der Waals surface area contributed by atoms with E-state index in [9.17, 15) is 0 Å². The van der Waals surface area contributed by atoms with Gasteiger partial charge in [-0.05, 0) is 56.9 Å². The Hall–Kier alpha value is -1.78. The van der Waals surface area contributed by atoms with Crippen LogP contribution in [0.2, 0.25) is 0 Å². The lowest BCUT2D eigenvalue weighted by molar-refractivity contribution is 0.365. The van der Waals surface area contributed by atoms with E-state index in [1.165, 1.54) is 117 Å². The van der Waals surface area contributed by atoms with Crippen molar-refractivity contribution in [1.29, 1.82) is 0 Å². The molecule has 0 bridgehead atoms. The van der Waals surface area contributed by atoms with Gasteiger partial charge in [0.15, 0.2) is 0 Å². The van der Waals surface area contributed by atoms with Gasteiger partial charge in [0.25, 0.3) is 0 Å². The van der Waals surface area contributed by atoms with Crippen LogP contribution in [0.5, 0.6) is 0 Å². The van der Waals surface area contributed by atoms with Gasteiger partial charge in [0.05, 0.1) is 0 Å². The molecule has 1 atom stereocenters. The largest absolute Gasteiger partial charge is 0.482 e. The molecule has 1 aromatic heterocycles. The van der Waals surface area contributed by atoms with Crippen molar-refractivity contribution in [3.8, 4) is 0 Å². The molecular formula is C30H47BNO2. The van der Waals surface area contributed by atoms with Gasteiger partial charge in [-0.15, -0.1) is 0 Å². The maximum absolute atomic E-state index is 7.00. The first-order valence-corrected chi connectivity index (χ1v) is 13.6. The van der Waals surface area contributed by atoms with E-state index >= 15 is 0 Å². The summed E-state index contributed by atoms with van der Waals surface area (Å²) in [4.78, 5) is 0. The van der Waals surface area contributed by atoms with Gasteiger partial charge in [-0.1, -0.05) is 101 Å². The molecule has 0 aliphatic carbocycles. The van der Waals surface area contributed by atoms with Crippen molar-refractivity contribution in [1.82, 2.24) is 4.57 Å². The van der Waals surface area contributed by atoms with Crippen molar-refractivity contribution < 1.29 is 10.0 Å². The Kier molecular flexibility index (Phi) is 13.4. The second-order valence-corrected chi connectivity index (χ2v) is 10.0. The molecule has 0 aliphatic heterocycles. The van der Waals surface area contributed by atoms with Crippen molar-refractivity contribution in [2.45, 2.75) is 111 Å². The molecule has 2 N–H and O–H groups in total. The van der Waals surface area contributed by atoms with E-state index in [0.717, 1.165) is 5.92 Å². The molecule has 0 saturated heterocycles. The highest BCUT2D eigenvalue weighted by molar-refractivity contribution is 6.13. The fraction of sp³-hybridized carbons (Fsp3) is 0.600. The third kappa shape index (κ3) is 8.78. The molecular weight excluding hydrogens is 417 g/mol. The average molecular weight is 465 g/mol. The Labute approximate surface area is 208 Å². The van der Waals surface area contributed by atoms with Crippen LogP contribution in [-0.4, -0.2) is 22.3 Å². The Balaban J connectivity index is 0.00000129. The highest BCUT2D eigenvalue weighted by atomic mass is 16.4. The van der Waals surface area contributed by atoms with Crippen LogP contribution in [0, 0.1) is 19.8 Å². The lowest BCUT2D eigenvalue weighted by atomic mass is 9.94. The summed E-state index contributed by atoms with van der Waals surface area (Å²) < 4.78 is 2.64. The Bertz CT molecular complexity index is 906. The van der Waals surface area contributed by atoms with Crippen LogP contribution in [0.1, 0.15) is 102 Å². The summed E-state index contributed by atoms with van der Waals surface area (Å²) in [6, 6.07) is 14.1. The number of aryl methyl sites for hydroxylation is 2. The van der Waals surface area contributed by atoms with E-state index in [1.54, 1.807) is 0 Å². The van der Waals surface area contributed by atoms with Crippen LogP contribution in [0.25, 0.3) is 21.8 Å². The zero-order chi connectivity index (χ0) is 24.8. The molecule has 3 aromatic rings. The molecule has 3 rings (SSSR count). The molecule has 0 spiro atoms. The predicted octanol–water partition coefficient (Wildman–Crippen LogP) is 8.25. The topological polar surface area (TPSA) is 45.4 Å². The van der Waals surface area contributed by atoms with Gasteiger partial charge >= 0.3 is 7.69 Å². The van der Waals surface area contributed by atoms with Gasteiger partial charge in [-0.25, -0.2) is 0 Å². The molecule has 0 saturated carbocycles. The SMILES string of the molecule is CCCCCCCCC(CCCCCC)Cn1c2ccc(C)cc2c2cc(C)ccc21.O[B]O. The lowest BCUT2D eigenvalue weighted by Crippen LogP contribution is -2.11. The van der Waals surface area contributed by atoms with Crippen molar-refractivity contribution in [2.75, 3.05) is 0 Å². The first kappa shape index (κ1) is 28.5. The predicted molar refractivity (Wildman–Crippen MR) is 149 cm³/mol. The van der Waals surface area contributed by atoms with Crippen LogP contribution >= 0.6 is 0 Å². The second-order valence-electron chi connectivity index (χ2n) is 10.0. The highest BCUT2D eigenvalue weighted by Gasteiger charge is 2.16. The van der Waals surface area contributed by atoms with E-state index in [1.807, 2.05) is 0 Å². The number of fused-ring (bicyclic) bond motifs is 3. The summed E-state index contributed by atoms with van der Waals surface area (Å²) >= 11 is 0. The number of hydrogen-bond acceptors (Lipinski definition) is 2. The average Bonchev–Trinajstić information content (AvgIpc) is 3.11. The van der Waals surface area contributed by atoms with Crippen LogP contribution < -0.4 is 0 Å². The first-order valence-electron chi connectivity index (χ1n) is 13.6. The Morgan fingerprint density at radius 3 is 1.56 bits per heavy atom. The van der Waals surface area contributed by atoms with Crippen LogP contribution in [-0.2, 0) is 6.54 Å². The molecule has 34 heavy (non-hydrogen) atoms. The minimum Gasteiger partial charge on any atom is -0.429 e. The minimum atomic E-state index is 0. The monoisotopic (exact) mass is 464 g/mol. The fourth-order valence-corrected chi connectivity index (χ4v) is 5.19. The molecule has 0 amide bonds. The van der Waals surface area contributed by atoms with Crippen molar-refractivity contribution in [3.63, 3.8) is 0 Å². The Morgan fingerprint density at radius 1 is 0.676 bits per heavy atom. The molecule has 1 unspecified atom stereocenters. The maximum atomic E-state index is 7.00. The summed E-state index contributed by atoms with van der Waals surface area (Å²) in [7, 11) is 0. The van der Waals surface area contributed by atoms with Gasteiger partial charge in [-0.3, -0.25) is 0 Å². The number of hydrogen-bond donors (Lipinski definition) is 2. The lowest BCUT2D eigenvalue weighted by Gasteiger charge is -2.20. The minimum absolute atomic E-state index is 0. The van der Waals surface area contributed by atoms with Gasteiger partial charge in [0, 0.05) is 28.4 Å². The molecule has 1 heterocycles. The zero-order valence-electron chi connectivity index (χ0n) is 22.2. The second kappa shape index (κ2) is 16.0. The van der Waals surface area contributed by atoms with Gasteiger partial charge in [-0.2, -0.15) is 0 Å². The number of rotatable bonds is 14. The van der Waals surface area contributed by atoms with Crippen molar-refractivity contribution in [3.05, 3.63) is 47.5 Å². The molecule has 4 heteroatoms. The third-order valence-electron chi connectivity index (χ3n) is 7.05. The Morgan fingerprint density at radius 2 is 1.09 bits per heavy atom. The van der Waals surface area contributed by atoms with Gasteiger partial charge < -0.3 is 14.6 Å². The highest BCUT2D eigenvalue weighted by Crippen LogP contribution is 2.33. The fourth-order valence-electron chi connectivity index (χ4n) is 5.19. The number of benzene rings is 2. The molecule has 3 nitrogen and oxygen atoms in total. The first-order chi connectivity index (χ1) is 16.5. The number of unbranched alkanes of at least 4 members (excludes halogenated alkanes) is 8. The van der Waals surface area contributed by atoms with E-state index in [0.29, 0.717) is 0 Å². The maximum Gasteiger partial charge on any atom is 0.482 e.